The van der Waals surface area contributed by atoms with E-state index in [0.29, 0.717) is 29.5 Å². The van der Waals surface area contributed by atoms with Crippen molar-refractivity contribution < 1.29 is 9.53 Å². The molecular formula is C16H18ClN3O2. The van der Waals surface area contributed by atoms with Crippen molar-refractivity contribution in [3.05, 3.63) is 53.6 Å². The largest absolute Gasteiger partial charge is 0.493 e. The molecule has 3 N–H and O–H groups in total. The van der Waals surface area contributed by atoms with Gasteiger partial charge in [-0.25, -0.2) is 4.79 Å². The molecule has 5 nitrogen and oxygen atoms in total. The molecule has 0 aromatic heterocycles. The number of para-hydroxylation sites is 2. The molecule has 0 aliphatic rings. The molecule has 2 aromatic rings. The number of amides is 2. The Labute approximate surface area is 134 Å². The number of methoxy groups -OCH3 is 1. The summed E-state index contributed by atoms with van der Waals surface area (Å²) in [6, 6.07) is 14.7. The zero-order valence-corrected chi connectivity index (χ0v) is 13.0. The van der Waals surface area contributed by atoms with Crippen LogP contribution in [0.15, 0.2) is 48.5 Å². The smallest absolute Gasteiger partial charge is 0.319 e. The molecule has 2 rings (SSSR count). The molecule has 116 valence electrons. The fourth-order valence-electron chi connectivity index (χ4n) is 1.92. The minimum Gasteiger partial charge on any atom is -0.493 e. The number of carbonyl (C=O) groups is 1. The van der Waals surface area contributed by atoms with Gasteiger partial charge in [0.2, 0.25) is 0 Å². The standard InChI is InChI=1S/C16H18ClN3O2/c1-22-15-13(17)8-5-9-14(15)20-16(21)19-11-10-18-12-6-3-2-4-7-12/h2-9,18H,10-11H2,1H3,(H2,19,20,21). The second kappa shape index (κ2) is 8.14. The summed E-state index contributed by atoms with van der Waals surface area (Å²) in [5.74, 6) is 0.446. The van der Waals surface area contributed by atoms with E-state index in [2.05, 4.69) is 16.0 Å². The fourth-order valence-corrected chi connectivity index (χ4v) is 2.17. The number of halogens is 1. The van der Waals surface area contributed by atoms with E-state index in [-0.39, 0.29) is 6.03 Å². The Morgan fingerprint density at radius 2 is 1.86 bits per heavy atom. The highest BCUT2D eigenvalue weighted by molar-refractivity contribution is 6.32. The van der Waals surface area contributed by atoms with Crippen molar-refractivity contribution in [2.24, 2.45) is 0 Å². The summed E-state index contributed by atoms with van der Waals surface area (Å²) < 4.78 is 5.17. The lowest BCUT2D eigenvalue weighted by Gasteiger charge is -2.12. The predicted molar refractivity (Wildman–Crippen MR) is 90.0 cm³/mol. The zero-order valence-electron chi connectivity index (χ0n) is 12.2. The van der Waals surface area contributed by atoms with E-state index in [9.17, 15) is 4.79 Å². The molecule has 0 saturated carbocycles. The molecule has 0 aliphatic heterocycles. The van der Waals surface area contributed by atoms with E-state index >= 15 is 0 Å². The van der Waals surface area contributed by atoms with Crippen LogP contribution in [0.25, 0.3) is 0 Å². The second-order valence-corrected chi connectivity index (χ2v) is 4.90. The van der Waals surface area contributed by atoms with E-state index < -0.39 is 0 Å². The van der Waals surface area contributed by atoms with E-state index in [0.717, 1.165) is 5.69 Å². The summed E-state index contributed by atoms with van der Waals surface area (Å²) >= 11 is 6.00. The topological polar surface area (TPSA) is 62.4 Å². The van der Waals surface area contributed by atoms with Crippen molar-refractivity contribution in [3.63, 3.8) is 0 Å². The SMILES string of the molecule is COc1c(Cl)cccc1NC(=O)NCCNc1ccccc1. The maximum absolute atomic E-state index is 11.9. The summed E-state index contributed by atoms with van der Waals surface area (Å²) in [5.41, 5.74) is 1.55. The highest BCUT2D eigenvalue weighted by atomic mass is 35.5. The molecule has 6 heteroatoms. The van der Waals surface area contributed by atoms with Crippen LogP contribution in [0, 0.1) is 0 Å². The number of ether oxygens (including phenoxy) is 1. The number of hydrogen-bond donors (Lipinski definition) is 3. The predicted octanol–water partition coefficient (Wildman–Crippen LogP) is 3.58. The minimum absolute atomic E-state index is 0.310. The van der Waals surface area contributed by atoms with Crippen LogP contribution in [0.5, 0.6) is 5.75 Å². The molecule has 0 radical (unpaired) electrons. The molecule has 0 spiro atoms. The second-order valence-electron chi connectivity index (χ2n) is 4.49. The maximum Gasteiger partial charge on any atom is 0.319 e. The van der Waals surface area contributed by atoms with Gasteiger partial charge in [-0.3, -0.25) is 0 Å². The Balaban J connectivity index is 1.78. The van der Waals surface area contributed by atoms with Gasteiger partial charge < -0.3 is 20.7 Å². The van der Waals surface area contributed by atoms with Gasteiger partial charge in [-0.1, -0.05) is 35.9 Å². The quantitative estimate of drug-likeness (QED) is 0.713. The average molecular weight is 320 g/mol. The molecule has 0 fully saturated rings. The van der Waals surface area contributed by atoms with Gasteiger partial charge in [-0.2, -0.15) is 0 Å². The van der Waals surface area contributed by atoms with Crippen molar-refractivity contribution in [1.29, 1.82) is 0 Å². The van der Waals surface area contributed by atoms with Crippen LogP contribution < -0.4 is 20.7 Å². The maximum atomic E-state index is 11.9. The third-order valence-electron chi connectivity index (χ3n) is 2.93. The molecule has 0 heterocycles. The lowest BCUT2D eigenvalue weighted by atomic mass is 10.3. The summed E-state index contributed by atoms with van der Waals surface area (Å²) in [5, 5.41) is 9.13. The molecule has 0 saturated heterocycles. The van der Waals surface area contributed by atoms with Crippen LogP contribution in [0.2, 0.25) is 5.02 Å². The fraction of sp³-hybridized carbons (Fsp3) is 0.188. The number of hydrogen-bond acceptors (Lipinski definition) is 3. The Morgan fingerprint density at radius 3 is 2.59 bits per heavy atom. The Kier molecular flexibility index (Phi) is 5.91. The first-order valence-electron chi connectivity index (χ1n) is 6.87. The van der Waals surface area contributed by atoms with Crippen molar-refractivity contribution >= 4 is 29.0 Å². The third-order valence-corrected chi connectivity index (χ3v) is 3.23. The van der Waals surface area contributed by atoms with Gasteiger partial charge in [0, 0.05) is 18.8 Å². The molecule has 0 aliphatic carbocycles. The van der Waals surface area contributed by atoms with Crippen LogP contribution >= 0.6 is 11.6 Å². The van der Waals surface area contributed by atoms with Crippen LogP contribution in [0.1, 0.15) is 0 Å². The molecule has 0 bridgehead atoms. The normalized spacial score (nSPS) is 9.91. The van der Waals surface area contributed by atoms with Crippen molar-refractivity contribution in [3.8, 4) is 5.75 Å². The highest BCUT2D eigenvalue weighted by Gasteiger charge is 2.09. The molecule has 2 amide bonds. The number of benzene rings is 2. The van der Waals surface area contributed by atoms with Crippen LogP contribution in [-0.4, -0.2) is 26.2 Å². The van der Waals surface area contributed by atoms with Crippen LogP contribution in [0.3, 0.4) is 0 Å². The van der Waals surface area contributed by atoms with E-state index in [1.54, 1.807) is 18.2 Å². The molecule has 2 aromatic carbocycles. The summed E-state index contributed by atoms with van der Waals surface area (Å²) in [4.78, 5) is 11.9. The lowest BCUT2D eigenvalue weighted by Crippen LogP contribution is -2.32. The summed E-state index contributed by atoms with van der Waals surface area (Å²) in [6.45, 7) is 1.12. The van der Waals surface area contributed by atoms with Crippen LogP contribution in [-0.2, 0) is 0 Å². The van der Waals surface area contributed by atoms with Gasteiger partial charge >= 0.3 is 6.03 Å². The van der Waals surface area contributed by atoms with Gasteiger partial charge in [0.15, 0.2) is 5.75 Å². The number of urea groups is 1. The van der Waals surface area contributed by atoms with Crippen LogP contribution in [0.4, 0.5) is 16.2 Å². The van der Waals surface area contributed by atoms with Gasteiger partial charge in [0.25, 0.3) is 0 Å². The average Bonchev–Trinajstić information content (AvgIpc) is 2.53. The summed E-state index contributed by atoms with van der Waals surface area (Å²) in [6.07, 6.45) is 0. The number of rotatable bonds is 6. The van der Waals surface area contributed by atoms with E-state index in [1.807, 2.05) is 30.3 Å². The van der Waals surface area contributed by atoms with E-state index in [1.165, 1.54) is 7.11 Å². The van der Waals surface area contributed by atoms with Crippen molar-refractivity contribution in [2.75, 3.05) is 30.8 Å². The first kappa shape index (κ1) is 16.0. The van der Waals surface area contributed by atoms with Crippen molar-refractivity contribution in [2.45, 2.75) is 0 Å². The molecule has 0 unspecified atom stereocenters. The molecular weight excluding hydrogens is 302 g/mol. The van der Waals surface area contributed by atoms with E-state index in [4.69, 9.17) is 16.3 Å². The number of nitrogens with one attached hydrogen (secondary N) is 3. The summed E-state index contributed by atoms with van der Waals surface area (Å²) in [7, 11) is 1.51. The van der Waals surface area contributed by atoms with Gasteiger partial charge in [0.05, 0.1) is 17.8 Å². The highest BCUT2D eigenvalue weighted by Crippen LogP contribution is 2.32. The number of carbonyl (C=O) groups excluding carboxylic acids is 1. The zero-order chi connectivity index (χ0) is 15.8. The van der Waals surface area contributed by atoms with Gasteiger partial charge in [-0.15, -0.1) is 0 Å². The molecule has 22 heavy (non-hydrogen) atoms. The van der Waals surface area contributed by atoms with Gasteiger partial charge in [0.1, 0.15) is 0 Å². The Bertz CT molecular complexity index is 620. The minimum atomic E-state index is -0.310. The van der Waals surface area contributed by atoms with Gasteiger partial charge in [-0.05, 0) is 24.3 Å². The monoisotopic (exact) mass is 319 g/mol. The first-order valence-corrected chi connectivity index (χ1v) is 7.25. The Hall–Kier alpha value is -2.40. The molecule has 0 atom stereocenters. The lowest BCUT2D eigenvalue weighted by molar-refractivity contribution is 0.252. The third kappa shape index (κ3) is 4.56. The first-order chi connectivity index (χ1) is 10.7. The number of anilines is 2. The van der Waals surface area contributed by atoms with Crippen molar-refractivity contribution in [1.82, 2.24) is 5.32 Å². The Morgan fingerprint density at radius 1 is 1.09 bits per heavy atom.